The minimum absolute atomic E-state index is 0.0366. The zero-order valence-corrected chi connectivity index (χ0v) is 18.8. The predicted octanol–water partition coefficient (Wildman–Crippen LogP) is -0.649. The number of amides is 2. The van der Waals surface area contributed by atoms with E-state index in [0.717, 1.165) is 13.8 Å². The van der Waals surface area contributed by atoms with Crippen LogP contribution in [0, 0.1) is 0 Å². The molecule has 1 saturated heterocycles. The normalized spacial score (nSPS) is 24.6. The molecule has 0 aromatic heterocycles. The molecule has 180 valence electrons. The maximum atomic E-state index is 11.8. The van der Waals surface area contributed by atoms with Crippen LogP contribution in [0.5, 0.6) is 0 Å². The van der Waals surface area contributed by atoms with Crippen LogP contribution in [0.3, 0.4) is 0 Å². The van der Waals surface area contributed by atoms with E-state index in [4.69, 9.17) is 23.7 Å². The number of hydrogen-bond donors (Lipinski definition) is 2. The number of carbonyl (C=O) groups excluding carboxylic acids is 5. The van der Waals surface area contributed by atoms with E-state index in [-0.39, 0.29) is 25.7 Å². The quantitative estimate of drug-likeness (QED) is 0.187. The van der Waals surface area contributed by atoms with Crippen LogP contribution in [0.1, 0.15) is 34.6 Å². The number of nitrogens with one attached hydrogen (secondary N) is 2. The summed E-state index contributed by atoms with van der Waals surface area (Å²) in [7, 11) is 0. The van der Waals surface area contributed by atoms with Crippen molar-refractivity contribution in [2.45, 2.75) is 65.3 Å². The molecular formula is C20H30N2O10. The highest BCUT2D eigenvalue weighted by atomic mass is 16.7. The Labute approximate surface area is 185 Å². The average molecular weight is 458 g/mol. The molecule has 12 heteroatoms. The largest absolute Gasteiger partial charge is 0.463 e. The van der Waals surface area contributed by atoms with Crippen LogP contribution >= 0.6 is 0 Å². The number of esters is 3. The molecule has 32 heavy (non-hydrogen) atoms. The Bertz CT molecular complexity index is 738. The molecule has 0 bridgehead atoms. The molecule has 1 fully saturated rings. The minimum atomic E-state index is -1.20. The fourth-order valence-electron chi connectivity index (χ4n) is 2.92. The van der Waals surface area contributed by atoms with Gasteiger partial charge in [0.05, 0.1) is 6.61 Å². The van der Waals surface area contributed by atoms with Crippen molar-refractivity contribution in [3.63, 3.8) is 0 Å². The van der Waals surface area contributed by atoms with Crippen LogP contribution in [-0.2, 0) is 47.7 Å². The van der Waals surface area contributed by atoms with E-state index in [0.29, 0.717) is 5.57 Å². The molecule has 12 nitrogen and oxygen atoms in total. The predicted molar refractivity (Wildman–Crippen MR) is 108 cm³/mol. The molecule has 0 spiro atoms. The summed E-state index contributed by atoms with van der Waals surface area (Å²) in [4.78, 5) is 58.1. The lowest BCUT2D eigenvalue weighted by molar-refractivity contribution is -0.277. The lowest BCUT2D eigenvalue weighted by Gasteiger charge is -2.44. The maximum Gasteiger partial charge on any atom is 0.303 e. The Morgan fingerprint density at radius 2 is 1.50 bits per heavy atom. The molecule has 1 rings (SSSR count). The summed E-state index contributed by atoms with van der Waals surface area (Å²) in [6.07, 6.45) is -4.65. The van der Waals surface area contributed by atoms with Gasteiger partial charge in [0.2, 0.25) is 11.8 Å². The molecular weight excluding hydrogens is 428 g/mol. The highest BCUT2D eigenvalue weighted by molar-refractivity contribution is 5.92. The topological polar surface area (TPSA) is 156 Å². The van der Waals surface area contributed by atoms with Crippen LogP contribution in [-0.4, -0.2) is 80.1 Å². The lowest BCUT2D eigenvalue weighted by Crippen LogP contribution is -2.66. The van der Waals surface area contributed by atoms with Crippen LogP contribution in [0.15, 0.2) is 12.2 Å². The Morgan fingerprint density at radius 3 is 2.00 bits per heavy atom. The van der Waals surface area contributed by atoms with Gasteiger partial charge in [-0.2, -0.15) is 0 Å². The molecule has 2 amide bonds. The first-order chi connectivity index (χ1) is 14.9. The van der Waals surface area contributed by atoms with Crippen LogP contribution in [0.25, 0.3) is 0 Å². The molecule has 1 aliphatic heterocycles. The van der Waals surface area contributed by atoms with Crippen molar-refractivity contribution in [2.24, 2.45) is 0 Å². The van der Waals surface area contributed by atoms with E-state index in [9.17, 15) is 24.0 Å². The third-order valence-corrected chi connectivity index (χ3v) is 4.13. The summed E-state index contributed by atoms with van der Waals surface area (Å²) in [5, 5.41) is 5.15. The second kappa shape index (κ2) is 12.8. The Balaban J connectivity index is 3.13. The van der Waals surface area contributed by atoms with Gasteiger partial charge in [-0.3, -0.25) is 24.0 Å². The van der Waals surface area contributed by atoms with Gasteiger partial charge in [0.1, 0.15) is 18.8 Å². The Kier molecular flexibility index (Phi) is 10.8. The minimum Gasteiger partial charge on any atom is -0.463 e. The van der Waals surface area contributed by atoms with Crippen molar-refractivity contribution in [3.05, 3.63) is 12.2 Å². The molecule has 2 N–H and O–H groups in total. The van der Waals surface area contributed by atoms with Gasteiger partial charge < -0.3 is 34.3 Å². The highest BCUT2D eigenvalue weighted by Crippen LogP contribution is 2.27. The third-order valence-electron chi connectivity index (χ3n) is 4.13. The summed E-state index contributed by atoms with van der Waals surface area (Å²) in [5.74, 6) is -2.87. The fourth-order valence-corrected chi connectivity index (χ4v) is 2.92. The van der Waals surface area contributed by atoms with E-state index < -0.39 is 54.5 Å². The molecule has 0 aromatic carbocycles. The van der Waals surface area contributed by atoms with Crippen LogP contribution in [0.4, 0.5) is 0 Å². The van der Waals surface area contributed by atoms with Gasteiger partial charge in [-0.15, -0.1) is 0 Å². The van der Waals surface area contributed by atoms with Crippen molar-refractivity contribution in [2.75, 3.05) is 19.8 Å². The number of ether oxygens (including phenoxy) is 5. The van der Waals surface area contributed by atoms with Crippen LogP contribution in [0.2, 0.25) is 0 Å². The molecule has 0 aromatic rings. The molecule has 0 saturated carbocycles. The lowest BCUT2D eigenvalue weighted by atomic mass is 9.96. The van der Waals surface area contributed by atoms with Crippen LogP contribution < -0.4 is 10.6 Å². The first kappa shape index (κ1) is 27.0. The summed E-state index contributed by atoms with van der Waals surface area (Å²) >= 11 is 0. The van der Waals surface area contributed by atoms with Gasteiger partial charge in [0.25, 0.3) is 0 Å². The highest BCUT2D eigenvalue weighted by Gasteiger charge is 2.51. The Morgan fingerprint density at radius 1 is 0.906 bits per heavy atom. The SMILES string of the molecule is C=C(C)C(=O)NCCO[C@@H]1OC(COC(C)=O)[C@H](OC(C)=O)C(OC(C)=O)[C@@H]1NC(C)=O. The number of hydrogen-bond acceptors (Lipinski definition) is 10. The van der Waals surface area contributed by atoms with E-state index in [1.54, 1.807) is 6.92 Å². The smallest absolute Gasteiger partial charge is 0.303 e. The second-order valence-corrected chi connectivity index (χ2v) is 7.13. The van der Waals surface area contributed by atoms with Gasteiger partial charge in [-0.25, -0.2) is 0 Å². The molecule has 1 heterocycles. The first-order valence-electron chi connectivity index (χ1n) is 9.88. The average Bonchev–Trinajstić information content (AvgIpc) is 2.66. The molecule has 1 aliphatic rings. The summed E-state index contributed by atoms with van der Waals surface area (Å²) in [6, 6.07) is -1.06. The standard InChI is InChI=1S/C20H30N2O10/c1-10(2)19(27)21-7-8-28-20-16(22-11(3)23)18(31-14(6)26)17(30-13(5)25)15(32-20)9-29-12(4)24/h15-18,20H,1,7-9H2,2-6H3,(H,21,27)(H,22,23)/t15?,16-,17-,18?,20+/m0/s1. The number of rotatable bonds is 10. The van der Waals surface area contributed by atoms with Gasteiger partial charge in [0.15, 0.2) is 18.5 Å². The van der Waals surface area contributed by atoms with E-state index in [1.165, 1.54) is 13.8 Å². The molecule has 0 aliphatic carbocycles. The van der Waals surface area contributed by atoms with E-state index in [2.05, 4.69) is 17.2 Å². The van der Waals surface area contributed by atoms with Crippen molar-refractivity contribution >= 4 is 29.7 Å². The summed E-state index contributed by atoms with van der Waals surface area (Å²) in [6.45, 7) is 9.52. The zero-order chi connectivity index (χ0) is 24.4. The van der Waals surface area contributed by atoms with Crippen molar-refractivity contribution < 1.29 is 47.7 Å². The van der Waals surface area contributed by atoms with Crippen molar-refractivity contribution in [1.82, 2.24) is 10.6 Å². The summed E-state index contributed by atoms with van der Waals surface area (Å²) in [5.41, 5.74) is 0.315. The van der Waals surface area contributed by atoms with E-state index in [1.807, 2.05) is 0 Å². The second-order valence-electron chi connectivity index (χ2n) is 7.13. The molecule has 5 atom stereocenters. The number of carbonyl (C=O) groups is 5. The monoisotopic (exact) mass is 458 g/mol. The zero-order valence-electron chi connectivity index (χ0n) is 18.8. The van der Waals surface area contributed by atoms with Crippen molar-refractivity contribution in [1.29, 1.82) is 0 Å². The van der Waals surface area contributed by atoms with Gasteiger partial charge in [0, 0.05) is 39.8 Å². The molecule has 2 unspecified atom stereocenters. The molecule has 0 radical (unpaired) electrons. The third kappa shape index (κ3) is 9.02. The first-order valence-corrected chi connectivity index (χ1v) is 9.88. The maximum absolute atomic E-state index is 11.8. The van der Waals surface area contributed by atoms with Gasteiger partial charge >= 0.3 is 17.9 Å². The van der Waals surface area contributed by atoms with E-state index >= 15 is 0 Å². The Hall–Kier alpha value is -2.99. The van der Waals surface area contributed by atoms with Gasteiger partial charge in [-0.05, 0) is 6.92 Å². The summed E-state index contributed by atoms with van der Waals surface area (Å²) < 4.78 is 27.1. The van der Waals surface area contributed by atoms with Gasteiger partial charge in [-0.1, -0.05) is 6.58 Å². The van der Waals surface area contributed by atoms with Crippen molar-refractivity contribution in [3.8, 4) is 0 Å². The fraction of sp³-hybridized carbons (Fsp3) is 0.650.